The number of pyridine rings is 1. The third kappa shape index (κ3) is 3.64. The normalized spacial score (nSPS) is 17.3. The molecule has 1 aliphatic rings. The lowest BCUT2D eigenvalue weighted by atomic mass is 10.2. The molecule has 1 fully saturated rings. The summed E-state index contributed by atoms with van der Waals surface area (Å²) in [5, 5.41) is 5.07. The highest BCUT2D eigenvalue weighted by molar-refractivity contribution is 7.10. The summed E-state index contributed by atoms with van der Waals surface area (Å²) in [5.74, 6) is 0.589. The monoisotopic (exact) mass is 331 g/mol. The van der Waals surface area contributed by atoms with Gasteiger partial charge < -0.3 is 15.0 Å². The number of likely N-dealkylation sites (tertiary alicyclic amines) is 1. The van der Waals surface area contributed by atoms with Crippen LogP contribution in [0.5, 0.6) is 5.88 Å². The van der Waals surface area contributed by atoms with E-state index in [1.807, 2.05) is 30.0 Å². The highest BCUT2D eigenvalue weighted by Gasteiger charge is 2.30. The number of urea groups is 1. The first-order valence-corrected chi connectivity index (χ1v) is 8.82. The van der Waals surface area contributed by atoms with Crippen molar-refractivity contribution in [1.82, 2.24) is 15.2 Å². The van der Waals surface area contributed by atoms with Gasteiger partial charge in [-0.25, -0.2) is 9.78 Å². The van der Waals surface area contributed by atoms with Gasteiger partial charge in [-0.1, -0.05) is 12.1 Å². The Morgan fingerprint density at radius 1 is 1.48 bits per heavy atom. The van der Waals surface area contributed by atoms with Crippen molar-refractivity contribution in [1.29, 1.82) is 0 Å². The van der Waals surface area contributed by atoms with Gasteiger partial charge in [0, 0.05) is 29.7 Å². The van der Waals surface area contributed by atoms with E-state index in [9.17, 15) is 4.79 Å². The second-order valence-electron chi connectivity index (χ2n) is 5.43. The molecule has 0 saturated carbocycles. The maximum Gasteiger partial charge on any atom is 0.318 e. The van der Waals surface area contributed by atoms with Gasteiger partial charge in [-0.05, 0) is 37.3 Å². The molecule has 3 heterocycles. The smallest absolute Gasteiger partial charge is 0.318 e. The summed E-state index contributed by atoms with van der Waals surface area (Å²) < 4.78 is 5.50. The quantitative estimate of drug-likeness (QED) is 0.911. The van der Waals surface area contributed by atoms with Crippen molar-refractivity contribution in [2.24, 2.45) is 0 Å². The number of aromatic nitrogens is 1. The first-order chi connectivity index (χ1) is 11.3. The molecule has 3 rings (SSSR count). The Kier molecular flexibility index (Phi) is 5.12. The molecule has 1 saturated heterocycles. The van der Waals surface area contributed by atoms with Crippen LogP contribution >= 0.6 is 11.3 Å². The summed E-state index contributed by atoms with van der Waals surface area (Å²) in [7, 11) is 0. The average molecular weight is 331 g/mol. The maximum absolute atomic E-state index is 12.6. The minimum Gasteiger partial charge on any atom is -0.478 e. The van der Waals surface area contributed by atoms with Crippen molar-refractivity contribution in [3.63, 3.8) is 0 Å². The highest BCUT2D eigenvalue weighted by Crippen LogP contribution is 2.34. The molecule has 0 aromatic carbocycles. The molecule has 1 atom stereocenters. The van der Waals surface area contributed by atoms with Crippen LogP contribution in [0, 0.1) is 0 Å². The third-order valence-corrected chi connectivity index (χ3v) is 4.92. The van der Waals surface area contributed by atoms with Gasteiger partial charge >= 0.3 is 6.03 Å². The molecule has 6 heteroatoms. The summed E-state index contributed by atoms with van der Waals surface area (Å²) in [6, 6.07) is 8.11. The lowest BCUT2D eigenvalue weighted by Gasteiger charge is -2.24. The van der Waals surface area contributed by atoms with Crippen LogP contribution in [-0.2, 0) is 6.54 Å². The number of nitrogens with zero attached hydrogens (tertiary/aromatic N) is 2. The van der Waals surface area contributed by atoms with E-state index in [1.54, 1.807) is 17.5 Å². The molecule has 122 valence electrons. The molecule has 0 aliphatic carbocycles. The van der Waals surface area contributed by atoms with E-state index in [2.05, 4.69) is 21.7 Å². The summed E-state index contributed by atoms with van der Waals surface area (Å²) in [5.41, 5.74) is 0.898. The van der Waals surface area contributed by atoms with Gasteiger partial charge in [0.1, 0.15) is 0 Å². The van der Waals surface area contributed by atoms with E-state index in [-0.39, 0.29) is 12.1 Å². The molecule has 1 N–H and O–H groups in total. The Bertz CT molecular complexity index is 645. The molecule has 0 radical (unpaired) electrons. The molecule has 1 aliphatic heterocycles. The number of amides is 2. The Balaban J connectivity index is 1.63. The predicted octanol–water partition coefficient (Wildman–Crippen LogP) is 3.59. The number of hydrogen-bond acceptors (Lipinski definition) is 4. The predicted molar refractivity (Wildman–Crippen MR) is 90.6 cm³/mol. The topological polar surface area (TPSA) is 54.5 Å². The second-order valence-corrected chi connectivity index (χ2v) is 6.41. The van der Waals surface area contributed by atoms with E-state index >= 15 is 0 Å². The molecule has 23 heavy (non-hydrogen) atoms. The van der Waals surface area contributed by atoms with Crippen molar-refractivity contribution in [3.05, 3.63) is 46.3 Å². The van der Waals surface area contributed by atoms with E-state index in [1.165, 1.54) is 4.88 Å². The number of carbonyl (C=O) groups is 1. The minimum atomic E-state index is -0.0211. The maximum atomic E-state index is 12.6. The largest absolute Gasteiger partial charge is 0.478 e. The first-order valence-electron chi connectivity index (χ1n) is 7.94. The summed E-state index contributed by atoms with van der Waals surface area (Å²) in [6.07, 6.45) is 3.78. The molecule has 0 unspecified atom stereocenters. The second kappa shape index (κ2) is 7.46. The molecular weight excluding hydrogens is 310 g/mol. The van der Waals surface area contributed by atoms with Gasteiger partial charge in [-0.2, -0.15) is 0 Å². The van der Waals surface area contributed by atoms with Crippen LogP contribution in [0.4, 0.5) is 4.79 Å². The zero-order valence-electron chi connectivity index (χ0n) is 13.2. The van der Waals surface area contributed by atoms with E-state index in [4.69, 9.17) is 4.74 Å². The number of hydrogen-bond donors (Lipinski definition) is 1. The number of thiophene rings is 1. The van der Waals surface area contributed by atoms with Gasteiger partial charge in [-0.3, -0.25) is 0 Å². The molecular formula is C17H21N3O2S. The Hall–Kier alpha value is -2.08. The van der Waals surface area contributed by atoms with Crippen LogP contribution in [0.2, 0.25) is 0 Å². The summed E-state index contributed by atoms with van der Waals surface area (Å²) >= 11 is 1.71. The van der Waals surface area contributed by atoms with Crippen molar-refractivity contribution in [3.8, 4) is 5.88 Å². The van der Waals surface area contributed by atoms with Crippen LogP contribution in [0.1, 0.15) is 36.2 Å². The van der Waals surface area contributed by atoms with Gasteiger partial charge in [0.15, 0.2) is 0 Å². The lowest BCUT2D eigenvalue weighted by molar-refractivity contribution is 0.193. The zero-order valence-corrected chi connectivity index (χ0v) is 14.0. The van der Waals surface area contributed by atoms with Crippen LogP contribution < -0.4 is 10.1 Å². The van der Waals surface area contributed by atoms with Crippen LogP contribution in [0.25, 0.3) is 0 Å². The van der Waals surface area contributed by atoms with Crippen molar-refractivity contribution < 1.29 is 9.53 Å². The van der Waals surface area contributed by atoms with Gasteiger partial charge in [0.2, 0.25) is 5.88 Å². The van der Waals surface area contributed by atoms with Crippen LogP contribution in [0.15, 0.2) is 35.8 Å². The highest BCUT2D eigenvalue weighted by atomic mass is 32.1. The summed E-state index contributed by atoms with van der Waals surface area (Å²) in [6.45, 7) is 3.72. The van der Waals surface area contributed by atoms with Gasteiger partial charge in [0.25, 0.3) is 0 Å². The Morgan fingerprint density at radius 3 is 3.17 bits per heavy atom. The lowest BCUT2D eigenvalue weighted by Crippen LogP contribution is -2.39. The van der Waals surface area contributed by atoms with Crippen LogP contribution in [0.3, 0.4) is 0 Å². The molecule has 0 bridgehead atoms. The van der Waals surface area contributed by atoms with Crippen molar-refractivity contribution in [2.75, 3.05) is 13.2 Å². The fourth-order valence-corrected chi connectivity index (χ4v) is 3.76. The minimum absolute atomic E-state index is 0.0211. The van der Waals surface area contributed by atoms with Crippen molar-refractivity contribution in [2.45, 2.75) is 32.4 Å². The van der Waals surface area contributed by atoms with E-state index in [0.29, 0.717) is 19.0 Å². The number of nitrogens with one attached hydrogen (secondary N) is 1. The number of rotatable bonds is 5. The number of carbonyl (C=O) groups excluding carboxylic acids is 1. The molecule has 0 spiro atoms. The van der Waals surface area contributed by atoms with Gasteiger partial charge in [-0.15, -0.1) is 11.3 Å². The zero-order chi connectivity index (χ0) is 16.1. The van der Waals surface area contributed by atoms with Gasteiger partial charge in [0.05, 0.1) is 12.6 Å². The molecule has 2 amide bonds. The third-order valence-electron chi connectivity index (χ3n) is 3.95. The fourth-order valence-electron chi connectivity index (χ4n) is 2.88. The van der Waals surface area contributed by atoms with E-state index < -0.39 is 0 Å². The first kappa shape index (κ1) is 15.8. The molecule has 2 aromatic rings. The Labute approximate surface area is 140 Å². The van der Waals surface area contributed by atoms with Crippen LogP contribution in [-0.4, -0.2) is 29.1 Å². The average Bonchev–Trinajstić information content (AvgIpc) is 3.24. The van der Waals surface area contributed by atoms with E-state index in [0.717, 1.165) is 24.9 Å². The SMILES string of the molecule is CCOc1ncccc1CNC(=O)N1CCC[C@@H]1c1cccs1. The fraction of sp³-hybridized carbons (Fsp3) is 0.412. The molecule has 2 aromatic heterocycles. The van der Waals surface area contributed by atoms with Crippen molar-refractivity contribution >= 4 is 17.4 Å². The summed E-state index contributed by atoms with van der Waals surface area (Å²) in [4.78, 5) is 20.0. The molecule has 5 nitrogen and oxygen atoms in total. The number of ether oxygens (including phenoxy) is 1. The Morgan fingerprint density at radius 2 is 2.39 bits per heavy atom. The standard InChI is InChI=1S/C17H21N3O2S/c1-2-22-16-13(6-3-9-18-16)12-19-17(21)20-10-4-7-14(20)15-8-5-11-23-15/h3,5-6,8-9,11,14H,2,4,7,10,12H2,1H3,(H,19,21)/t14-/m1/s1.